The Hall–Kier alpha value is -0.420. The number of hydrogen-bond donors (Lipinski definition) is 0. The second kappa shape index (κ2) is 4.22. The zero-order chi connectivity index (χ0) is 11.0. The summed E-state index contributed by atoms with van der Waals surface area (Å²) in [4.78, 5) is 7.51. The average Bonchev–Trinajstić information content (AvgIpc) is 2.60. The standard InChI is InChI=1S/C8H2Cl3FN2S/c9-5-4(12)6(10)14-8(13-5)3-1-2-15-7(3)11/h1-2H. The van der Waals surface area contributed by atoms with Crippen LogP contribution in [0.5, 0.6) is 0 Å². The maximum atomic E-state index is 13.0. The van der Waals surface area contributed by atoms with Gasteiger partial charge in [-0.25, -0.2) is 14.4 Å². The van der Waals surface area contributed by atoms with Crippen molar-refractivity contribution in [2.75, 3.05) is 0 Å². The summed E-state index contributed by atoms with van der Waals surface area (Å²) in [7, 11) is 0. The highest BCUT2D eigenvalue weighted by molar-refractivity contribution is 7.15. The van der Waals surface area contributed by atoms with Gasteiger partial charge in [-0.2, -0.15) is 0 Å². The lowest BCUT2D eigenvalue weighted by Crippen LogP contribution is -1.93. The molecule has 0 N–H and O–H groups in total. The number of halogens is 4. The molecule has 2 heterocycles. The first-order valence-corrected chi connectivity index (χ1v) is 5.73. The first kappa shape index (κ1) is 11.1. The Labute approximate surface area is 104 Å². The Morgan fingerprint density at radius 1 is 1.13 bits per heavy atom. The largest absolute Gasteiger partial charge is 0.213 e. The molecular formula is C8H2Cl3FN2S. The van der Waals surface area contributed by atoms with E-state index in [1.807, 2.05) is 0 Å². The van der Waals surface area contributed by atoms with Gasteiger partial charge in [-0.15, -0.1) is 11.3 Å². The van der Waals surface area contributed by atoms with Crippen molar-refractivity contribution in [3.05, 3.63) is 31.9 Å². The summed E-state index contributed by atoms with van der Waals surface area (Å²) >= 11 is 18.3. The van der Waals surface area contributed by atoms with Crippen LogP contribution in [0.3, 0.4) is 0 Å². The van der Waals surface area contributed by atoms with Crippen molar-refractivity contribution in [1.29, 1.82) is 0 Å². The fourth-order valence-electron chi connectivity index (χ4n) is 0.968. The molecular weight excluding hydrogens is 282 g/mol. The minimum absolute atomic E-state index is 0.220. The van der Waals surface area contributed by atoms with Gasteiger partial charge in [-0.05, 0) is 11.4 Å². The molecule has 0 aliphatic rings. The van der Waals surface area contributed by atoms with E-state index in [0.29, 0.717) is 9.90 Å². The molecule has 0 aliphatic carbocycles. The van der Waals surface area contributed by atoms with Gasteiger partial charge in [0.25, 0.3) is 0 Å². The molecule has 0 aliphatic heterocycles. The summed E-state index contributed by atoms with van der Waals surface area (Å²) in [6.07, 6.45) is 0. The van der Waals surface area contributed by atoms with Crippen LogP contribution in [0.1, 0.15) is 0 Å². The normalized spacial score (nSPS) is 10.7. The first-order valence-electron chi connectivity index (χ1n) is 3.71. The van der Waals surface area contributed by atoms with E-state index in [1.165, 1.54) is 11.3 Å². The molecule has 0 radical (unpaired) electrons. The summed E-state index contributed by atoms with van der Waals surface area (Å²) in [5, 5.41) is 1.14. The van der Waals surface area contributed by atoms with Crippen LogP contribution in [0.4, 0.5) is 4.39 Å². The highest BCUT2D eigenvalue weighted by atomic mass is 35.5. The van der Waals surface area contributed by atoms with Crippen molar-refractivity contribution in [3.8, 4) is 11.4 Å². The van der Waals surface area contributed by atoms with E-state index in [9.17, 15) is 4.39 Å². The predicted octanol–water partition coefficient (Wildman–Crippen LogP) is 4.30. The van der Waals surface area contributed by atoms with Crippen molar-refractivity contribution in [2.45, 2.75) is 0 Å². The molecule has 0 aromatic carbocycles. The molecule has 0 fully saturated rings. The van der Waals surface area contributed by atoms with Gasteiger partial charge < -0.3 is 0 Å². The Morgan fingerprint density at radius 2 is 1.73 bits per heavy atom. The number of hydrogen-bond acceptors (Lipinski definition) is 3. The molecule has 2 nitrogen and oxygen atoms in total. The van der Waals surface area contributed by atoms with Crippen molar-refractivity contribution < 1.29 is 4.39 Å². The Morgan fingerprint density at radius 3 is 2.20 bits per heavy atom. The number of nitrogens with zero attached hydrogens (tertiary/aromatic N) is 2. The van der Waals surface area contributed by atoms with Crippen LogP contribution in [-0.4, -0.2) is 9.97 Å². The third-order valence-electron chi connectivity index (χ3n) is 1.63. The lowest BCUT2D eigenvalue weighted by Gasteiger charge is -2.00. The number of aromatic nitrogens is 2. The summed E-state index contributed by atoms with van der Waals surface area (Å²) in [6, 6.07) is 1.72. The summed E-state index contributed by atoms with van der Waals surface area (Å²) in [5.41, 5.74) is 0.588. The molecule has 2 aromatic heterocycles. The van der Waals surface area contributed by atoms with Crippen molar-refractivity contribution in [3.63, 3.8) is 0 Å². The Kier molecular flexibility index (Phi) is 3.11. The van der Waals surface area contributed by atoms with Gasteiger partial charge in [0, 0.05) is 5.56 Å². The lowest BCUT2D eigenvalue weighted by molar-refractivity contribution is 0.615. The zero-order valence-electron chi connectivity index (χ0n) is 6.97. The second-order valence-electron chi connectivity index (χ2n) is 2.55. The number of rotatable bonds is 1. The highest BCUT2D eigenvalue weighted by Crippen LogP contribution is 2.32. The van der Waals surface area contributed by atoms with E-state index in [2.05, 4.69) is 9.97 Å². The van der Waals surface area contributed by atoms with Crippen molar-refractivity contribution in [2.24, 2.45) is 0 Å². The van der Waals surface area contributed by atoms with Gasteiger partial charge in [0.1, 0.15) is 4.34 Å². The third kappa shape index (κ3) is 2.08. The second-order valence-corrected chi connectivity index (χ2v) is 4.79. The van der Waals surface area contributed by atoms with Gasteiger partial charge in [0.15, 0.2) is 21.9 Å². The van der Waals surface area contributed by atoms with E-state index in [1.54, 1.807) is 11.4 Å². The molecule has 2 rings (SSSR count). The summed E-state index contributed by atoms with van der Waals surface area (Å²) in [5.74, 6) is -0.605. The van der Waals surface area contributed by atoms with Crippen LogP contribution < -0.4 is 0 Å². The molecule has 78 valence electrons. The fourth-order valence-corrected chi connectivity index (χ4v) is 2.27. The molecule has 0 saturated carbocycles. The molecule has 2 aromatic rings. The molecule has 7 heteroatoms. The van der Waals surface area contributed by atoms with E-state index >= 15 is 0 Å². The predicted molar refractivity (Wildman–Crippen MR) is 60.3 cm³/mol. The number of thiophene rings is 1. The molecule has 0 atom stereocenters. The van der Waals surface area contributed by atoms with Crippen LogP contribution in [0.25, 0.3) is 11.4 Å². The monoisotopic (exact) mass is 282 g/mol. The SMILES string of the molecule is Fc1c(Cl)nc(-c2ccsc2Cl)nc1Cl. The van der Waals surface area contributed by atoms with Gasteiger partial charge in [0.05, 0.1) is 0 Å². The minimum atomic E-state index is -0.826. The maximum Gasteiger partial charge on any atom is 0.197 e. The fraction of sp³-hybridized carbons (Fsp3) is 0. The van der Waals surface area contributed by atoms with Crippen LogP contribution in [-0.2, 0) is 0 Å². The average molecular weight is 284 g/mol. The molecule has 0 bridgehead atoms. The van der Waals surface area contributed by atoms with Gasteiger partial charge in [-0.3, -0.25) is 0 Å². The quantitative estimate of drug-likeness (QED) is 0.729. The van der Waals surface area contributed by atoms with E-state index in [4.69, 9.17) is 34.8 Å². The Bertz CT molecular complexity index is 491. The smallest absolute Gasteiger partial charge is 0.197 e. The minimum Gasteiger partial charge on any atom is -0.213 e. The van der Waals surface area contributed by atoms with Gasteiger partial charge >= 0.3 is 0 Å². The van der Waals surface area contributed by atoms with E-state index < -0.39 is 5.82 Å². The maximum absolute atomic E-state index is 13.0. The van der Waals surface area contributed by atoms with Crippen molar-refractivity contribution >= 4 is 46.1 Å². The highest BCUT2D eigenvalue weighted by Gasteiger charge is 2.14. The van der Waals surface area contributed by atoms with Gasteiger partial charge in [0.2, 0.25) is 0 Å². The molecule has 0 amide bonds. The van der Waals surface area contributed by atoms with Crippen LogP contribution >= 0.6 is 46.1 Å². The molecule has 0 spiro atoms. The topological polar surface area (TPSA) is 25.8 Å². The first-order chi connectivity index (χ1) is 7.09. The van der Waals surface area contributed by atoms with E-state index in [-0.39, 0.29) is 16.1 Å². The molecule has 15 heavy (non-hydrogen) atoms. The van der Waals surface area contributed by atoms with Crippen LogP contribution in [0.15, 0.2) is 11.4 Å². The zero-order valence-corrected chi connectivity index (χ0v) is 10.1. The third-order valence-corrected chi connectivity index (χ3v) is 3.30. The van der Waals surface area contributed by atoms with Crippen LogP contribution in [0.2, 0.25) is 14.6 Å². The molecule has 0 unspecified atom stereocenters. The van der Waals surface area contributed by atoms with Gasteiger partial charge in [-0.1, -0.05) is 34.8 Å². The Balaban J connectivity index is 2.60. The molecule has 0 saturated heterocycles. The van der Waals surface area contributed by atoms with E-state index in [0.717, 1.165) is 0 Å². The lowest BCUT2D eigenvalue weighted by atomic mass is 10.3. The van der Waals surface area contributed by atoms with Crippen molar-refractivity contribution in [1.82, 2.24) is 9.97 Å². The summed E-state index contributed by atoms with van der Waals surface area (Å²) in [6.45, 7) is 0. The van der Waals surface area contributed by atoms with Crippen LogP contribution in [0, 0.1) is 5.82 Å². The summed E-state index contributed by atoms with van der Waals surface area (Å²) < 4.78 is 13.5.